The molecular weight excluding hydrogens is 320 g/mol. The molecule has 0 amide bonds. The van der Waals surface area contributed by atoms with Crippen molar-refractivity contribution in [2.45, 2.75) is 40.0 Å². The molecule has 19 heavy (non-hydrogen) atoms. The maximum Gasteiger partial charge on any atom is 0.182 e. The van der Waals surface area contributed by atoms with Gasteiger partial charge in [0.2, 0.25) is 0 Å². The maximum atomic E-state index is 5.46. The molecule has 0 spiro atoms. The normalized spacial score (nSPS) is 11.9. The molecule has 2 nitrogen and oxygen atoms in total. The van der Waals surface area contributed by atoms with Crippen LogP contribution in [-0.4, -0.2) is 9.55 Å². The van der Waals surface area contributed by atoms with E-state index in [0.29, 0.717) is 0 Å². The van der Waals surface area contributed by atoms with Crippen molar-refractivity contribution >= 4 is 28.1 Å². The molecule has 0 saturated heterocycles. The average Bonchev–Trinajstić information content (AvgIpc) is 2.59. The monoisotopic (exact) mass is 338 g/mol. The van der Waals surface area contributed by atoms with Crippen LogP contribution in [0.2, 0.25) is 0 Å². The Bertz CT molecular complexity index is 651. The summed E-state index contributed by atoms with van der Waals surface area (Å²) in [5, 5.41) is 0. The van der Waals surface area contributed by atoms with Crippen molar-refractivity contribution in [1.82, 2.24) is 9.55 Å². The predicted molar refractivity (Wildman–Crippen MR) is 86.8 cm³/mol. The molecule has 0 bridgehead atoms. The van der Waals surface area contributed by atoms with E-state index in [-0.39, 0.29) is 5.41 Å². The number of halogens is 1. The minimum absolute atomic E-state index is 0.0321. The lowest BCUT2D eigenvalue weighted by Gasteiger charge is -2.22. The van der Waals surface area contributed by atoms with Crippen molar-refractivity contribution in [1.29, 1.82) is 0 Å². The minimum Gasteiger partial charge on any atom is -0.337 e. The molecule has 0 radical (unpaired) electrons. The molecule has 102 valence electrons. The van der Waals surface area contributed by atoms with Gasteiger partial charge in [0.15, 0.2) is 4.77 Å². The number of aryl methyl sites for hydroxylation is 2. The van der Waals surface area contributed by atoms with Gasteiger partial charge in [-0.2, -0.15) is 0 Å². The number of H-pyrrole nitrogens is 1. The quantitative estimate of drug-likeness (QED) is 0.707. The lowest BCUT2D eigenvalue weighted by atomic mass is 9.92. The van der Waals surface area contributed by atoms with E-state index >= 15 is 0 Å². The number of hydrogen-bond acceptors (Lipinski definition) is 1. The Hall–Kier alpha value is -0.870. The van der Waals surface area contributed by atoms with Gasteiger partial charge in [0.25, 0.3) is 0 Å². The van der Waals surface area contributed by atoms with Crippen LogP contribution in [0, 0.1) is 18.6 Å². The fraction of sp³-hybridized carbons (Fsp3) is 0.400. The topological polar surface area (TPSA) is 20.7 Å². The van der Waals surface area contributed by atoms with E-state index in [1.165, 1.54) is 16.8 Å². The highest BCUT2D eigenvalue weighted by atomic mass is 79.9. The Labute approximate surface area is 128 Å². The van der Waals surface area contributed by atoms with E-state index in [1.54, 1.807) is 0 Å². The van der Waals surface area contributed by atoms with Crippen LogP contribution < -0.4 is 0 Å². The number of aromatic amines is 1. The number of imidazole rings is 1. The smallest absolute Gasteiger partial charge is 0.182 e. The molecule has 1 aromatic carbocycles. The number of hydrogen-bond donors (Lipinski definition) is 1. The zero-order valence-corrected chi connectivity index (χ0v) is 14.4. The van der Waals surface area contributed by atoms with E-state index in [1.807, 2.05) is 6.20 Å². The van der Waals surface area contributed by atoms with Gasteiger partial charge in [-0.05, 0) is 59.2 Å². The number of rotatable bonds is 1. The van der Waals surface area contributed by atoms with Crippen LogP contribution in [0.5, 0.6) is 0 Å². The van der Waals surface area contributed by atoms with Crippen molar-refractivity contribution in [2.75, 3.05) is 0 Å². The molecular formula is C15H19BrN2S. The number of aromatic nitrogens is 2. The Morgan fingerprint density at radius 2 is 1.84 bits per heavy atom. The number of nitrogens with one attached hydrogen (secondary N) is 1. The molecule has 0 aliphatic heterocycles. The van der Waals surface area contributed by atoms with Crippen LogP contribution in [0.25, 0.3) is 5.69 Å². The van der Waals surface area contributed by atoms with E-state index in [4.69, 9.17) is 12.2 Å². The molecule has 2 rings (SSSR count). The van der Waals surface area contributed by atoms with Gasteiger partial charge in [-0.1, -0.05) is 26.8 Å². The highest BCUT2D eigenvalue weighted by Gasteiger charge is 2.22. The Morgan fingerprint density at radius 1 is 1.21 bits per heavy atom. The standard InChI is InChI=1S/C15H19BrN2S/c1-9-6-10(2)13(11(16)7-9)18-12(15(3,4)5)8-17-14(18)19/h6-8H,1-5H3,(H,17,19). The van der Waals surface area contributed by atoms with Crippen molar-refractivity contribution in [3.8, 4) is 5.69 Å². The molecule has 4 heteroatoms. The summed E-state index contributed by atoms with van der Waals surface area (Å²) in [5.41, 5.74) is 4.80. The van der Waals surface area contributed by atoms with Crippen molar-refractivity contribution < 1.29 is 0 Å². The average molecular weight is 339 g/mol. The Balaban J connectivity index is 2.81. The predicted octanol–water partition coefficient (Wildman–Crippen LogP) is 5.21. The molecule has 0 aliphatic carbocycles. The molecule has 0 aliphatic rings. The van der Waals surface area contributed by atoms with Gasteiger partial charge in [-0.25, -0.2) is 0 Å². The second kappa shape index (κ2) is 4.91. The van der Waals surface area contributed by atoms with Crippen molar-refractivity contribution in [3.05, 3.63) is 44.4 Å². The summed E-state index contributed by atoms with van der Waals surface area (Å²) in [5.74, 6) is 0. The van der Waals surface area contributed by atoms with Crippen molar-refractivity contribution in [3.63, 3.8) is 0 Å². The second-order valence-electron chi connectivity index (χ2n) is 5.98. The van der Waals surface area contributed by atoms with Crippen LogP contribution in [0.15, 0.2) is 22.8 Å². The summed E-state index contributed by atoms with van der Waals surface area (Å²) in [6.45, 7) is 10.8. The zero-order chi connectivity index (χ0) is 14.4. The van der Waals surface area contributed by atoms with E-state index in [0.717, 1.165) is 14.9 Å². The van der Waals surface area contributed by atoms with Gasteiger partial charge in [-0.15, -0.1) is 0 Å². The zero-order valence-electron chi connectivity index (χ0n) is 12.0. The van der Waals surface area contributed by atoms with Gasteiger partial charge in [0.05, 0.1) is 5.69 Å². The molecule has 0 saturated carbocycles. The van der Waals surface area contributed by atoms with Crippen LogP contribution in [0.3, 0.4) is 0 Å². The van der Waals surface area contributed by atoms with Crippen molar-refractivity contribution in [2.24, 2.45) is 0 Å². The van der Waals surface area contributed by atoms with Crippen LogP contribution in [0.1, 0.15) is 37.6 Å². The first kappa shape index (κ1) is 14.5. The number of benzene rings is 1. The van der Waals surface area contributed by atoms with E-state index in [9.17, 15) is 0 Å². The molecule has 1 aromatic heterocycles. The minimum atomic E-state index is 0.0321. The lowest BCUT2D eigenvalue weighted by molar-refractivity contribution is 0.555. The molecule has 0 fully saturated rings. The summed E-state index contributed by atoms with van der Waals surface area (Å²) in [7, 11) is 0. The maximum absolute atomic E-state index is 5.46. The third-order valence-corrected chi connectivity index (χ3v) is 4.07. The summed E-state index contributed by atoms with van der Waals surface area (Å²) in [6.07, 6.45) is 2.01. The lowest BCUT2D eigenvalue weighted by Crippen LogP contribution is -2.17. The third kappa shape index (κ3) is 2.70. The molecule has 0 atom stereocenters. The SMILES string of the molecule is Cc1cc(C)c(-n2c(C(C)(C)C)c[nH]c2=S)c(Br)c1. The summed E-state index contributed by atoms with van der Waals surface area (Å²) in [4.78, 5) is 3.17. The van der Waals surface area contributed by atoms with Gasteiger partial charge >= 0.3 is 0 Å². The Morgan fingerprint density at radius 3 is 2.37 bits per heavy atom. The first-order valence-corrected chi connectivity index (χ1v) is 7.50. The van der Waals surface area contributed by atoms with Crippen LogP contribution >= 0.6 is 28.1 Å². The van der Waals surface area contributed by atoms with Crippen LogP contribution in [-0.2, 0) is 5.41 Å². The third-order valence-electron chi connectivity index (χ3n) is 3.17. The fourth-order valence-electron chi connectivity index (χ4n) is 2.33. The van der Waals surface area contributed by atoms with Gasteiger partial charge in [-0.3, -0.25) is 4.57 Å². The molecule has 1 heterocycles. The summed E-state index contributed by atoms with van der Waals surface area (Å²) < 4.78 is 3.94. The first-order chi connectivity index (χ1) is 8.71. The fourth-order valence-corrected chi connectivity index (χ4v) is 3.43. The summed E-state index contributed by atoms with van der Waals surface area (Å²) in [6, 6.07) is 4.31. The van der Waals surface area contributed by atoms with Gasteiger partial charge in [0.1, 0.15) is 0 Å². The molecule has 2 aromatic rings. The van der Waals surface area contributed by atoms with Gasteiger partial charge in [0, 0.05) is 21.8 Å². The van der Waals surface area contributed by atoms with E-state index < -0.39 is 0 Å². The first-order valence-electron chi connectivity index (χ1n) is 6.30. The van der Waals surface area contributed by atoms with Crippen LogP contribution in [0.4, 0.5) is 0 Å². The highest BCUT2D eigenvalue weighted by Crippen LogP contribution is 2.32. The molecule has 1 N–H and O–H groups in total. The highest BCUT2D eigenvalue weighted by molar-refractivity contribution is 9.10. The van der Waals surface area contributed by atoms with Gasteiger partial charge < -0.3 is 4.98 Å². The largest absolute Gasteiger partial charge is 0.337 e. The summed E-state index contributed by atoms with van der Waals surface area (Å²) >= 11 is 9.14. The Kier molecular flexibility index (Phi) is 3.76. The van der Waals surface area contributed by atoms with E-state index in [2.05, 4.69) is 72.2 Å². The second-order valence-corrected chi connectivity index (χ2v) is 7.22. The molecule has 0 unspecified atom stereocenters. The number of nitrogens with zero attached hydrogens (tertiary/aromatic N) is 1.